The van der Waals surface area contributed by atoms with E-state index in [1.807, 2.05) is 12.1 Å². The zero-order chi connectivity index (χ0) is 13.2. The van der Waals surface area contributed by atoms with Crippen LogP contribution in [0, 0.1) is 0 Å². The average Bonchev–Trinajstić information content (AvgIpc) is 2.42. The van der Waals surface area contributed by atoms with Gasteiger partial charge in [0.15, 0.2) is 11.5 Å². The van der Waals surface area contributed by atoms with Crippen molar-refractivity contribution in [3.8, 4) is 11.5 Å². The van der Waals surface area contributed by atoms with E-state index < -0.39 is 0 Å². The maximum atomic E-state index is 6.30. The summed E-state index contributed by atoms with van der Waals surface area (Å²) in [6.07, 6.45) is 2.28. The number of benzene rings is 1. The summed E-state index contributed by atoms with van der Waals surface area (Å²) in [6.45, 7) is 3.44. The third-order valence-corrected chi connectivity index (χ3v) is 4.02. The standard InChI is InChI=1S/C14H19ClN2O2/c1-17-4-2-10(3-5-17)16-12-9-14-13(8-11(12)15)18-6-7-19-14/h8-10,16H,2-7H2,1H3. The fourth-order valence-electron chi connectivity index (χ4n) is 2.55. The number of nitrogens with one attached hydrogen (secondary N) is 1. The predicted molar refractivity (Wildman–Crippen MR) is 76.6 cm³/mol. The SMILES string of the molecule is CN1CCC(Nc2cc3c(cc2Cl)OCCO3)CC1. The third kappa shape index (κ3) is 2.90. The smallest absolute Gasteiger partial charge is 0.163 e. The van der Waals surface area contributed by atoms with Crippen molar-refractivity contribution in [2.45, 2.75) is 18.9 Å². The molecule has 1 fully saturated rings. The molecule has 0 spiro atoms. The second-order valence-electron chi connectivity index (χ2n) is 5.20. The number of rotatable bonds is 2. The van der Waals surface area contributed by atoms with Crippen molar-refractivity contribution in [2.75, 3.05) is 38.7 Å². The number of hydrogen-bond acceptors (Lipinski definition) is 4. The molecular formula is C14H19ClN2O2. The Bertz CT molecular complexity index is 459. The zero-order valence-corrected chi connectivity index (χ0v) is 11.9. The summed E-state index contributed by atoms with van der Waals surface area (Å²) < 4.78 is 11.1. The Balaban J connectivity index is 1.73. The van der Waals surface area contributed by atoms with Crippen LogP contribution < -0.4 is 14.8 Å². The molecule has 0 atom stereocenters. The van der Waals surface area contributed by atoms with Gasteiger partial charge in [-0.1, -0.05) is 11.6 Å². The molecule has 104 valence electrons. The van der Waals surface area contributed by atoms with Gasteiger partial charge >= 0.3 is 0 Å². The first kappa shape index (κ1) is 12.9. The Labute approximate surface area is 118 Å². The Hall–Kier alpha value is -1.13. The van der Waals surface area contributed by atoms with Crippen molar-refractivity contribution < 1.29 is 9.47 Å². The van der Waals surface area contributed by atoms with Crippen LogP contribution in [0.15, 0.2) is 12.1 Å². The minimum Gasteiger partial charge on any atom is -0.486 e. The van der Waals surface area contributed by atoms with Gasteiger partial charge in [0.25, 0.3) is 0 Å². The summed E-state index contributed by atoms with van der Waals surface area (Å²) >= 11 is 6.30. The van der Waals surface area contributed by atoms with Gasteiger partial charge in [-0.3, -0.25) is 0 Å². The van der Waals surface area contributed by atoms with Crippen molar-refractivity contribution in [3.05, 3.63) is 17.2 Å². The summed E-state index contributed by atoms with van der Waals surface area (Å²) in [5.41, 5.74) is 0.945. The predicted octanol–water partition coefficient (Wildman–Crippen LogP) is 2.62. The van der Waals surface area contributed by atoms with Crippen LogP contribution in [-0.2, 0) is 0 Å². The van der Waals surface area contributed by atoms with Crippen LogP contribution in [0.5, 0.6) is 11.5 Å². The summed E-state index contributed by atoms with van der Waals surface area (Å²) in [7, 11) is 2.16. The van der Waals surface area contributed by atoms with Gasteiger partial charge in [-0.2, -0.15) is 0 Å². The molecule has 0 bridgehead atoms. The number of nitrogens with zero attached hydrogens (tertiary/aromatic N) is 1. The Morgan fingerprint density at radius 1 is 1.16 bits per heavy atom. The van der Waals surface area contributed by atoms with E-state index in [0.29, 0.717) is 24.3 Å². The fourth-order valence-corrected chi connectivity index (χ4v) is 2.76. The number of anilines is 1. The molecule has 2 aliphatic rings. The Morgan fingerprint density at radius 3 is 2.47 bits per heavy atom. The number of halogens is 1. The molecule has 19 heavy (non-hydrogen) atoms. The Morgan fingerprint density at radius 2 is 1.79 bits per heavy atom. The summed E-state index contributed by atoms with van der Waals surface area (Å²) in [5.74, 6) is 1.52. The molecule has 4 nitrogen and oxygen atoms in total. The minimum absolute atomic E-state index is 0.483. The van der Waals surface area contributed by atoms with Gasteiger partial charge in [0, 0.05) is 18.2 Å². The molecule has 1 saturated heterocycles. The van der Waals surface area contributed by atoms with Gasteiger partial charge in [0.2, 0.25) is 0 Å². The summed E-state index contributed by atoms with van der Waals surface area (Å²) in [5, 5.41) is 4.22. The number of fused-ring (bicyclic) bond motifs is 1. The number of ether oxygens (including phenoxy) is 2. The largest absolute Gasteiger partial charge is 0.486 e. The Kier molecular flexibility index (Phi) is 3.71. The van der Waals surface area contributed by atoms with Crippen molar-refractivity contribution in [3.63, 3.8) is 0 Å². The van der Waals surface area contributed by atoms with E-state index in [1.54, 1.807) is 0 Å². The first-order valence-corrected chi connectivity index (χ1v) is 7.14. The fraction of sp³-hybridized carbons (Fsp3) is 0.571. The van der Waals surface area contributed by atoms with E-state index in [4.69, 9.17) is 21.1 Å². The van der Waals surface area contributed by atoms with Gasteiger partial charge < -0.3 is 19.7 Å². The zero-order valence-electron chi connectivity index (χ0n) is 11.1. The van der Waals surface area contributed by atoms with Crippen LogP contribution in [0.4, 0.5) is 5.69 Å². The maximum Gasteiger partial charge on any atom is 0.163 e. The number of piperidine rings is 1. The highest BCUT2D eigenvalue weighted by atomic mass is 35.5. The molecular weight excluding hydrogens is 264 g/mol. The van der Waals surface area contributed by atoms with E-state index in [2.05, 4.69) is 17.3 Å². The van der Waals surface area contributed by atoms with Crippen LogP contribution in [0.2, 0.25) is 5.02 Å². The van der Waals surface area contributed by atoms with Gasteiger partial charge in [-0.25, -0.2) is 0 Å². The van der Waals surface area contributed by atoms with Crippen molar-refractivity contribution >= 4 is 17.3 Å². The van der Waals surface area contributed by atoms with Gasteiger partial charge in [-0.15, -0.1) is 0 Å². The quantitative estimate of drug-likeness (QED) is 0.904. The third-order valence-electron chi connectivity index (χ3n) is 3.71. The van der Waals surface area contributed by atoms with Crippen molar-refractivity contribution in [1.29, 1.82) is 0 Å². The van der Waals surface area contributed by atoms with Gasteiger partial charge in [0.05, 0.1) is 10.7 Å². The van der Waals surface area contributed by atoms with E-state index in [0.717, 1.165) is 43.1 Å². The average molecular weight is 283 g/mol. The lowest BCUT2D eigenvalue weighted by molar-refractivity contribution is 0.171. The maximum absolute atomic E-state index is 6.30. The van der Waals surface area contributed by atoms with Gasteiger partial charge in [0.1, 0.15) is 13.2 Å². The van der Waals surface area contributed by atoms with Crippen LogP contribution in [-0.4, -0.2) is 44.3 Å². The normalized spacial score (nSPS) is 20.3. The van der Waals surface area contributed by atoms with E-state index in [-0.39, 0.29) is 0 Å². The molecule has 1 aromatic carbocycles. The first-order valence-electron chi connectivity index (χ1n) is 6.76. The van der Waals surface area contributed by atoms with E-state index >= 15 is 0 Å². The van der Waals surface area contributed by atoms with Crippen LogP contribution in [0.1, 0.15) is 12.8 Å². The second kappa shape index (κ2) is 5.47. The number of hydrogen-bond donors (Lipinski definition) is 1. The first-order chi connectivity index (χ1) is 9.22. The van der Waals surface area contributed by atoms with E-state index in [1.165, 1.54) is 0 Å². The van der Waals surface area contributed by atoms with Gasteiger partial charge in [-0.05, 0) is 33.0 Å². The molecule has 0 unspecified atom stereocenters. The highest BCUT2D eigenvalue weighted by molar-refractivity contribution is 6.33. The molecule has 0 saturated carbocycles. The molecule has 1 N–H and O–H groups in total. The molecule has 1 aromatic rings. The van der Waals surface area contributed by atoms with Crippen LogP contribution in [0.3, 0.4) is 0 Å². The molecule has 0 radical (unpaired) electrons. The lowest BCUT2D eigenvalue weighted by Gasteiger charge is -2.30. The molecule has 0 amide bonds. The number of likely N-dealkylation sites (tertiary alicyclic amines) is 1. The second-order valence-corrected chi connectivity index (χ2v) is 5.60. The lowest BCUT2D eigenvalue weighted by Crippen LogP contribution is -2.36. The lowest BCUT2D eigenvalue weighted by atomic mass is 10.1. The summed E-state index contributed by atoms with van der Waals surface area (Å²) in [4.78, 5) is 2.35. The molecule has 3 rings (SSSR count). The van der Waals surface area contributed by atoms with E-state index in [9.17, 15) is 0 Å². The monoisotopic (exact) mass is 282 g/mol. The topological polar surface area (TPSA) is 33.7 Å². The highest BCUT2D eigenvalue weighted by Gasteiger charge is 2.20. The molecule has 0 aromatic heterocycles. The van der Waals surface area contributed by atoms with Crippen LogP contribution >= 0.6 is 11.6 Å². The minimum atomic E-state index is 0.483. The highest BCUT2D eigenvalue weighted by Crippen LogP contribution is 2.38. The molecule has 5 heteroatoms. The summed E-state index contributed by atoms with van der Waals surface area (Å²) in [6, 6.07) is 4.28. The van der Waals surface area contributed by atoms with Crippen molar-refractivity contribution in [2.24, 2.45) is 0 Å². The van der Waals surface area contributed by atoms with Crippen molar-refractivity contribution in [1.82, 2.24) is 4.90 Å². The molecule has 2 aliphatic heterocycles. The molecule has 0 aliphatic carbocycles. The van der Waals surface area contributed by atoms with Crippen LogP contribution in [0.25, 0.3) is 0 Å². The molecule has 2 heterocycles.